The molecular formula is C14H13NO4. The number of hydrogen-bond donors (Lipinski definition) is 0. The van der Waals surface area contributed by atoms with E-state index in [-0.39, 0.29) is 11.5 Å². The summed E-state index contributed by atoms with van der Waals surface area (Å²) in [5.74, 6) is -0.768. The molecule has 0 saturated heterocycles. The van der Waals surface area contributed by atoms with E-state index in [4.69, 9.17) is 4.42 Å². The number of benzene rings is 1. The van der Waals surface area contributed by atoms with Crippen LogP contribution in [-0.4, -0.2) is 10.7 Å². The fraction of sp³-hybridized carbons (Fsp3) is 0.214. The van der Waals surface area contributed by atoms with Crippen molar-refractivity contribution in [3.63, 3.8) is 0 Å². The molecule has 0 saturated carbocycles. The molecule has 0 N–H and O–H groups in total. The maximum atomic E-state index is 12.3. The van der Waals surface area contributed by atoms with Gasteiger partial charge in [0.25, 0.3) is 0 Å². The molecule has 0 fully saturated rings. The quantitative estimate of drug-likeness (QED) is 0.481. The van der Waals surface area contributed by atoms with Crippen molar-refractivity contribution >= 4 is 11.7 Å². The number of carbonyl (C=O) groups excluding carboxylic acids is 1. The van der Waals surface area contributed by atoms with Crippen LogP contribution in [0.5, 0.6) is 0 Å². The van der Waals surface area contributed by atoms with Crippen LogP contribution < -0.4 is 0 Å². The fourth-order valence-electron chi connectivity index (χ4n) is 2.21. The van der Waals surface area contributed by atoms with Crippen LogP contribution in [-0.2, 0) is 0 Å². The number of aryl methyl sites for hydroxylation is 3. The van der Waals surface area contributed by atoms with E-state index in [2.05, 4.69) is 0 Å². The Balaban J connectivity index is 2.47. The summed E-state index contributed by atoms with van der Waals surface area (Å²) in [4.78, 5) is 22.2. The third-order valence-electron chi connectivity index (χ3n) is 2.90. The summed E-state index contributed by atoms with van der Waals surface area (Å²) in [7, 11) is 0. The third-order valence-corrected chi connectivity index (χ3v) is 2.90. The van der Waals surface area contributed by atoms with Gasteiger partial charge in [-0.2, -0.15) is 0 Å². The SMILES string of the molecule is Cc1cc(C)c(C(=O)c2ccc([N+](=O)[O-])o2)c(C)c1. The summed E-state index contributed by atoms with van der Waals surface area (Å²) in [6, 6.07) is 6.32. The normalized spacial score (nSPS) is 10.5. The number of nitro groups is 1. The van der Waals surface area contributed by atoms with E-state index in [1.807, 2.05) is 32.9 Å². The minimum Gasteiger partial charge on any atom is -0.397 e. The molecule has 0 spiro atoms. The molecule has 0 amide bonds. The Labute approximate surface area is 110 Å². The topological polar surface area (TPSA) is 73.3 Å². The van der Waals surface area contributed by atoms with Gasteiger partial charge in [-0.15, -0.1) is 0 Å². The second-order valence-corrected chi connectivity index (χ2v) is 4.50. The molecular weight excluding hydrogens is 246 g/mol. The van der Waals surface area contributed by atoms with E-state index >= 15 is 0 Å². The Morgan fingerprint density at radius 1 is 1.16 bits per heavy atom. The molecule has 1 heterocycles. The number of ketones is 1. The maximum absolute atomic E-state index is 12.3. The molecule has 2 aromatic rings. The van der Waals surface area contributed by atoms with Crippen molar-refractivity contribution in [2.75, 3.05) is 0 Å². The molecule has 0 aliphatic heterocycles. The van der Waals surface area contributed by atoms with Gasteiger partial charge in [-0.1, -0.05) is 17.7 Å². The fourth-order valence-corrected chi connectivity index (χ4v) is 2.21. The third kappa shape index (κ3) is 2.40. The lowest BCUT2D eigenvalue weighted by Crippen LogP contribution is -2.05. The second kappa shape index (κ2) is 4.68. The van der Waals surface area contributed by atoms with Crippen LogP contribution in [0.4, 0.5) is 5.88 Å². The van der Waals surface area contributed by atoms with Crippen LogP contribution in [0.3, 0.4) is 0 Å². The Bertz CT molecular complexity index is 647. The monoisotopic (exact) mass is 259 g/mol. The first kappa shape index (κ1) is 13.0. The first-order chi connectivity index (χ1) is 8.90. The van der Waals surface area contributed by atoms with Gasteiger partial charge >= 0.3 is 5.88 Å². The molecule has 0 aliphatic carbocycles. The van der Waals surface area contributed by atoms with Crippen LogP contribution in [0.15, 0.2) is 28.7 Å². The van der Waals surface area contributed by atoms with E-state index < -0.39 is 10.8 Å². The number of carbonyl (C=O) groups is 1. The molecule has 0 bridgehead atoms. The summed E-state index contributed by atoms with van der Waals surface area (Å²) < 4.78 is 4.95. The predicted octanol–water partition coefficient (Wildman–Crippen LogP) is 3.34. The van der Waals surface area contributed by atoms with E-state index in [0.29, 0.717) is 5.56 Å². The van der Waals surface area contributed by atoms with Gasteiger partial charge in [0, 0.05) is 5.56 Å². The summed E-state index contributed by atoms with van der Waals surface area (Å²) in [5, 5.41) is 10.6. The van der Waals surface area contributed by atoms with Crippen LogP contribution in [0.25, 0.3) is 0 Å². The van der Waals surface area contributed by atoms with Gasteiger partial charge in [-0.25, -0.2) is 0 Å². The van der Waals surface area contributed by atoms with Crippen molar-refractivity contribution in [1.29, 1.82) is 0 Å². The van der Waals surface area contributed by atoms with Gasteiger partial charge in [0.1, 0.15) is 4.92 Å². The lowest BCUT2D eigenvalue weighted by atomic mass is 9.96. The van der Waals surface area contributed by atoms with E-state index in [1.54, 1.807) is 0 Å². The van der Waals surface area contributed by atoms with Gasteiger partial charge in [0.15, 0.2) is 5.76 Å². The van der Waals surface area contributed by atoms with Crippen molar-refractivity contribution in [2.24, 2.45) is 0 Å². The lowest BCUT2D eigenvalue weighted by Gasteiger charge is -2.08. The van der Waals surface area contributed by atoms with Gasteiger partial charge in [-0.05, 0) is 38.0 Å². The lowest BCUT2D eigenvalue weighted by molar-refractivity contribution is -0.402. The van der Waals surface area contributed by atoms with Gasteiger partial charge in [-0.3, -0.25) is 14.9 Å². The molecule has 1 aromatic heterocycles. The minimum atomic E-state index is -0.661. The molecule has 19 heavy (non-hydrogen) atoms. The summed E-state index contributed by atoms with van der Waals surface area (Å²) in [6.07, 6.45) is 0. The smallest absolute Gasteiger partial charge is 0.397 e. The molecule has 5 nitrogen and oxygen atoms in total. The van der Waals surface area contributed by atoms with Gasteiger partial charge in [0.2, 0.25) is 5.78 Å². The molecule has 2 rings (SSSR count). The molecule has 0 unspecified atom stereocenters. The highest BCUT2D eigenvalue weighted by atomic mass is 16.6. The van der Waals surface area contributed by atoms with Crippen molar-refractivity contribution < 1.29 is 14.1 Å². The highest BCUT2D eigenvalue weighted by Gasteiger charge is 2.21. The average Bonchev–Trinajstić information content (AvgIpc) is 2.76. The molecule has 0 aliphatic rings. The second-order valence-electron chi connectivity index (χ2n) is 4.50. The first-order valence-corrected chi connectivity index (χ1v) is 5.77. The zero-order chi connectivity index (χ0) is 14.2. The zero-order valence-corrected chi connectivity index (χ0v) is 10.9. The molecule has 0 atom stereocenters. The Kier molecular flexibility index (Phi) is 3.21. The molecule has 1 aromatic carbocycles. The van der Waals surface area contributed by atoms with Crippen LogP contribution >= 0.6 is 0 Å². The highest BCUT2D eigenvalue weighted by Crippen LogP contribution is 2.23. The van der Waals surface area contributed by atoms with E-state index in [1.165, 1.54) is 12.1 Å². The Hall–Kier alpha value is -2.43. The zero-order valence-electron chi connectivity index (χ0n) is 10.9. The Morgan fingerprint density at radius 3 is 2.21 bits per heavy atom. The summed E-state index contributed by atoms with van der Waals surface area (Å²) in [6.45, 7) is 5.63. The van der Waals surface area contributed by atoms with Gasteiger partial charge in [0.05, 0.1) is 6.07 Å². The van der Waals surface area contributed by atoms with Crippen molar-refractivity contribution in [2.45, 2.75) is 20.8 Å². The van der Waals surface area contributed by atoms with Gasteiger partial charge < -0.3 is 4.42 Å². The van der Waals surface area contributed by atoms with Crippen molar-refractivity contribution in [3.8, 4) is 0 Å². The number of rotatable bonds is 3. The maximum Gasteiger partial charge on any atom is 0.433 e. The largest absolute Gasteiger partial charge is 0.433 e. The molecule has 5 heteroatoms. The Morgan fingerprint density at radius 2 is 1.74 bits per heavy atom. The average molecular weight is 259 g/mol. The van der Waals surface area contributed by atoms with E-state index in [9.17, 15) is 14.9 Å². The van der Waals surface area contributed by atoms with Crippen LogP contribution in [0.2, 0.25) is 0 Å². The summed E-state index contributed by atoms with van der Waals surface area (Å²) in [5.41, 5.74) is 3.27. The van der Waals surface area contributed by atoms with Crippen molar-refractivity contribution in [3.05, 3.63) is 62.4 Å². The number of furan rings is 1. The molecule has 0 radical (unpaired) electrons. The summed E-state index contributed by atoms with van der Waals surface area (Å²) >= 11 is 0. The highest BCUT2D eigenvalue weighted by molar-refractivity contribution is 6.09. The standard InChI is InChI=1S/C14H13NO4/c1-8-6-9(2)13(10(3)7-8)14(16)11-4-5-12(19-11)15(17)18/h4-7H,1-3H3. The molecule has 98 valence electrons. The predicted molar refractivity (Wildman–Crippen MR) is 69.4 cm³/mol. The van der Waals surface area contributed by atoms with E-state index in [0.717, 1.165) is 16.7 Å². The number of nitrogens with zero attached hydrogens (tertiary/aromatic N) is 1. The minimum absolute atomic E-state index is 0.0123. The van der Waals surface area contributed by atoms with Crippen LogP contribution in [0.1, 0.15) is 32.8 Å². The van der Waals surface area contributed by atoms with Crippen LogP contribution in [0, 0.1) is 30.9 Å². The first-order valence-electron chi connectivity index (χ1n) is 5.77. The van der Waals surface area contributed by atoms with Crippen molar-refractivity contribution in [1.82, 2.24) is 0 Å². The number of hydrogen-bond acceptors (Lipinski definition) is 4.